The normalized spacial score (nSPS) is 11.7. The van der Waals surface area contributed by atoms with Crippen LogP contribution in [0.4, 0.5) is 8.78 Å². The highest BCUT2D eigenvalue weighted by atomic mass is 19.3. The van der Waals surface area contributed by atoms with Crippen LogP contribution < -0.4 is 5.46 Å². The second-order valence-corrected chi connectivity index (χ2v) is 7.06. The van der Waals surface area contributed by atoms with Gasteiger partial charge in [0.15, 0.2) is 11.6 Å². The van der Waals surface area contributed by atoms with Crippen LogP contribution in [-0.2, 0) is 5.92 Å². The topological polar surface area (TPSA) is 41.8 Å². The molecule has 28 heavy (non-hydrogen) atoms. The fourth-order valence-corrected chi connectivity index (χ4v) is 3.14. The minimum absolute atomic E-state index is 0.0431. The molecule has 0 saturated carbocycles. The minimum atomic E-state index is -2.90. The maximum atomic E-state index is 13.6. The first-order valence-electron chi connectivity index (χ1n) is 9.04. The summed E-state index contributed by atoms with van der Waals surface area (Å²) in [6.07, 6.45) is 0. The van der Waals surface area contributed by atoms with Gasteiger partial charge in [0, 0.05) is 29.3 Å². The molecular weight excluding hydrogens is 357 g/mol. The number of alkyl halides is 2. The summed E-state index contributed by atoms with van der Waals surface area (Å²) in [7, 11) is 2.04. The van der Waals surface area contributed by atoms with Crippen molar-refractivity contribution in [2.24, 2.45) is 0 Å². The maximum absolute atomic E-state index is 13.6. The Morgan fingerprint density at radius 3 is 2.39 bits per heavy atom. The molecule has 0 saturated heterocycles. The smallest absolute Gasteiger partial charge is 0.270 e. The number of aromatic amines is 1. The summed E-state index contributed by atoms with van der Waals surface area (Å²) >= 11 is 0. The van der Waals surface area contributed by atoms with Gasteiger partial charge in [-0.05, 0) is 25.1 Å². The third kappa shape index (κ3) is 3.50. The van der Waals surface area contributed by atoms with Crippen LogP contribution in [0.5, 0.6) is 0 Å². The van der Waals surface area contributed by atoms with Crippen LogP contribution >= 0.6 is 0 Å². The Balaban J connectivity index is 1.67. The number of furan rings is 1. The lowest BCUT2D eigenvalue weighted by Gasteiger charge is -2.11. The molecule has 0 spiro atoms. The van der Waals surface area contributed by atoms with E-state index in [1.54, 1.807) is 24.3 Å². The first-order chi connectivity index (χ1) is 13.3. The Morgan fingerprint density at radius 2 is 1.68 bits per heavy atom. The highest BCUT2D eigenvalue weighted by Gasteiger charge is 2.24. The molecule has 140 valence electrons. The number of hydrogen-bond acceptors (Lipinski definition) is 2. The standard InChI is InChI=1S/C22H19BF2N2O/c1-13-20(14-6-8-17(23)9-7-14)27-21(26-13)19-11-10-18(28-19)15-4-3-5-16(12-15)22(2,24)25/h3-12H,23H2,1-2H3,(H,26,27). The number of aryl methyl sites for hydroxylation is 1. The summed E-state index contributed by atoms with van der Waals surface area (Å²) in [6.45, 7) is 2.85. The van der Waals surface area contributed by atoms with Crippen LogP contribution in [0.25, 0.3) is 34.2 Å². The number of imidazole rings is 1. The van der Waals surface area contributed by atoms with Gasteiger partial charge in [-0.1, -0.05) is 47.9 Å². The summed E-state index contributed by atoms with van der Waals surface area (Å²) in [6, 6.07) is 18.0. The summed E-state index contributed by atoms with van der Waals surface area (Å²) in [5.74, 6) is -1.21. The van der Waals surface area contributed by atoms with Gasteiger partial charge in [-0.2, -0.15) is 0 Å². The molecule has 0 atom stereocenters. The van der Waals surface area contributed by atoms with Crippen LogP contribution in [0.2, 0.25) is 0 Å². The van der Waals surface area contributed by atoms with Crippen LogP contribution in [-0.4, -0.2) is 17.8 Å². The molecule has 4 rings (SSSR count). The number of benzene rings is 2. The number of nitrogens with zero attached hydrogens (tertiary/aromatic N) is 1. The zero-order valence-electron chi connectivity index (χ0n) is 15.9. The Kier molecular flexibility index (Phi) is 4.42. The van der Waals surface area contributed by atoms with Gasteiger partial charge in [0.25, 0.3) is 5.92 Å². The molecule has 0 amide bonds. The lowest BCUT2D eigenvalue weighted by molar-refractivity contribution is 0.0175. The van der Waals surface area contributed by atoms with E-state index in [4.69, 9.17) is 4.42 Å². The number of aromatic nitrogens is 2. The molecule has 6 heteroatoms. The van der Waals surface area contributed by atoms with Gasteiger partial charge >= 0.3 is 0 Å². The number of rotatable bonds is 4. The zero-order chi connectivity index (χ0) is 19.9. The van der Waals surface area contributed by atoms with Gasteiger partial charge in [-0.15, -0.1) is 0 Å². The molecule has 0 aliphatic heterocycles. The SMILES string of the molecule is Bc1ccc(-c2nc(-c3ccc(-c4cccc(C(C)(F)F)c4)o3)[nH]c2C)cc1. The third-order valence-electron chi connectivity index (χ3n) is 4.70. The van der Waals surface area contributed by atoms with Crippen LogP contribution in [0.15, 0.2) is 65.1 Å². The molecule has 0 unspecified atom stereocenters. The summed E-state index contributed by atoms with van der Waals surface area (Å²) < 4.78 is 33.1. The first-order valence-corrected chi connectivity index (χ1v) is 9.04. The molecular formula is C22H19BF2N2O. The van der Waals surface area contributed by atoms with Crippen molar-refractivity contribution in [2.75, 3.05) is 0 Å². The molecule has 0 bridgehead atoms. The van der Waals surface area contributed by atoms with Gasteiger partial charge in [-0.25, -0.2) is 13.8 Å². The highest BCUT2D eigenvalue weighted by Crippen LogP contribution is 2.33. The van der Waals surface area contributed by atoms with Gasteiger partial charge in [-0.3, -0.25) is 0 Å². The summed E-state index contributed by atoms with van der Waals surface area (Å²) in [5, 5.41) is 0. The van der Waals surface area contributed by atoms with Crippen molar-refractivity contribution in [1.29, 1.82) is 0 Å². The Bertz CT molecular complexity index is 1120. The van der Waals surface area contributed by atoms with Crippen molar-refractivity contribution in [3.63, 3.8) is 0 Å². The Hall–Kier alpha value is -3.15. The number of halogens is 2. The molecule has 0 aliphatic rings. The number of H-pyrrole nitrogens is 1. The molecule has 2 aromatic carbocycles. The quantitative estimate of drug-likeness (QED) is 0.526. The van der Waals surface area contributed by atoms with E-state index in [2.05, 4.69) is 9.97 Å². The zero-order valence-corrected chi connectivity index (χ0v) is 15.9. The summed E-state index contributed by atoms with van der Waals surface area (Å²) in [4.78, 5) is 7.92. The fourth-order valence-electron chi connectivity index (χ4n) is 3.14. The second-order valence-electron chi connectivity index (χ2n) is 7.06. The average molecular weight is 376 g/mol. The third-order valence-corrected chi connectivity index (χ3v) is 4.70. The van der Waals surface area contributed by atoms with E-state index in [9.17, 15) is 8.78 Å². The van der Waals surface area contributed by atoms with E-state index >= 15 is 0 Å². The molecule has 2 heterocycles. The van der Waals surface area contributed by atoms with E-state index in [1.165, 1.54) is 17.6 Å². The first kappa shape index (κ1) is 18.2. The maximum Gasteiger partial charge on any atom is 0.270 e. The lowest BCUT2D eigenvalue weighted by Crippen LogP contribution is -2.06. The summed E-state index contributed by atoms with van der Waals surface area (Å²) in [5.41, 5.74) is 4.57. The van der Waals surface area contributed by atoms with Crippen molar-refractivity contribution in [1.82, 2.24) is 9.97 Å². The molecule has 4 aromatic rings. The van der Waals surface area contributed by atoms with Crippen LogP contribution in [0, 0.1) is 6.92 Å². The average Bonchev–Trinajstić information content (AvgIpc) is 3.29. The second kappa shape index (κ2) is 6.78. The van der Waals surface area contributed by atoms with Gasteiger partial charge < -0.3 is 9.40 Å². The fraction of sp³-hybridized carbons (Fsp3) is 0.136. The molecule has 0 aliphatic carbocycles. The van der Waals surface area contributed by atoms with E-state index in [1.807, 2.05) is 39.0 Å². The van der Waals surface area contributed by atoms with Crippen molar-refractivity contribution in [2.45, 2.75) is 19.8 Å². The number of hydrogen-bond donors (Lipinski definition) is 1. The monoisotopic (exact) mass is 376 g/mol. The largest absolute Gasteiger partial charge is 0.453 e. The molecule has 0 fully saturated rings. The lowest BCUT2D eigenvalue weighted by atomic mass is 9.94. The van der Waals surface area contributed by atoms with Crippen LogP contribution in [0.3, 0.4) is 0 Å². The Morgan fingerprint density at radius 1 is 0.964 bits per heavy atom. The van der Waals surface area contributed by atoms with E-state index in [0.29, 0.717) is 22.9 Å². The minimum Gasteiger partial charge on any atom is -0.453 e. The van der Waals surface area contributed by atoms with Crippen molar-refractivity contribution in [3.05, 3.63) is 71.9 Å². The van der Waals surface area contributed by atoms with Crippen LogP contribution in [0.1, 0.15) is 18.2 Å². The van der Waals surface area contributed by atoms with Crippen molar-refractivity contribution in [3.8, 4) is 34.2 Å². The van der Waals surface area contributed by atoms with Crippen molar-refractivity contribution >= 4 is 13.3 Å². The highest BCUT2D eigenvalue weighted by molar-refractivity contribution is 6.32. The predicted molar refractivity (Wildman–Crippen MR) is 110 cm³/mol. The molecule has 2 aromatic heterocycles. The van der Waals surface area contributed by atoms with E-state index < -0.39 is 5.92 Å². The van der Waals surface area contributed by atoms with E-state index in [-0.39, 0.29) is 5.56 Å². The van der Waals surface area contributed by atoms with Gasteiger partial charge in [0.05, 0.1) is 5.69 Å². The number of nitrogens with one attached hydrogen (secondary N) is 1. The molecule has 0 radical (unpaired) electrons. The van der Waals surface area contributed by atoms with Gasteiger partial charge in [0.2, 0.25) is 0 Å². The predicted octanol–water partition coefficient (Wildman–Crippen LogP) is 4.68. The Labute approximate surface area is 162 Å². The molecule has 1 N–H and O–H groups in total. The van der Waals surface area contributed by atoms with Crippen molar-refractivity contribution < 1.29 is 13.2 Å². The van der Waals surface area contributed by atoms with Gasteiger partial charge in [0.1, 0.15) is 13.6 Å². The molecule has 3 nitrogen and oxygen atoms in total. The van der Waals surface area contributed by atoms with E-state index in [0.717, 1.165) is 23.9 Å².